The SMILES string of the molecule is Cc1cc(C)c2cc(I)sc2c1. The average Bonchev–Trinajstić information content (AvgIpc) is 2.29. The van der Waals surface area contributed by atoms with Gasteiger partial charge in [0.1, 0.15) is 0 Å². The molecular weight excluding hydrogens is 279 g/mol. The Morgan fingerprint density at radius 1 is 1.17 bits per heavy atom. The molecule has 0 aliphatic heterocycles. The van der Waals surface area contributed by atoms with Gasteiger partial charge >= 0.3 is 0 Å². The molecule has 0 atom stereocenters. The number of rotatable bonds is 0. The normalized spacial score (nSPS) is 10.9. The van der Waals surface area contributed by atoms with Gasteiger partial charge in [-0.1, -0.05) is 6.07 Å². The number of fused-ring (bicyclic) bond motifs is 1. The Labute approximate surface area is 89.7 Å². The Balaban J connectivity index is 2.88. The first-order chi connectivity index (χ1) is 5.66. The Kier molecular flexibility index (Phi) is 2.12. The molecule has 0 aliphatic rings. The van der Waals surface area contributed by atoms with Gasteiger partial charge in [-0.15, -0.1) is 11.3 Å². The van der Waals surface area contributed by atoms with Gasteiger partial charge in [0.05, 0.1) is 2.88 Å². The van der Waals surface area contributed by atoms with Crippen LogP contribution in [-0.4, -0.2) is 0 Å². The zero-order valence-corrected chi connectivity index (χ0v) is 9.99. The van der Waals surface area contributed by atoms with Gasteiger partial charge in [-0.3, -0.25) is 0 Å². The Bertz CT molecular complexity index is 429. The summed E-state index contributed by atoms with van der Waals surface area (Å²) >= 11 is 4.25. The third kappa shape index (κ3) is 1.38. The summed E-state index contributed by atoms with van der Waals surface area (Å²) in [5, 5.41) is 1.41. The van der Waals surface area contributed by atoms with Crippen molar-refractivity contribution in [1.29, 1.82) is 0 Å². The van der Waals surface area contributed by atoms with Gasteiger partial charge in [0.2, 0.25) is 0 Å². The van der Waals surface area contributed by atoms with E-state index in [0.29, 0.717) is 0 Å². The maximum atomic E-state index is 2.38. The molecule has 1 heterocycles. The second-order valence-corrected chi connectivity index (χ2v) is 6.02. The fourth-order valence-electron chi connectivity index (χ4n) is 1.46. The molecule has 0 nitrogen and oxygen atoms in total. The predicted molar refractivity (Wildman–Crippen MR) is 64.0 cm³/mol. The van der Waals surface area contributed by atoms with E-state index in [1.165, 1.54) is 24.1 Å². The number of halogens is 1. The highest BCUT2D eigenvalue weighted by atomic mass is 127. The van der Waals surface area contributed by atoms with Crippen LogP contribution < -0.4 is 0 Å². The van der Waals surface area contributed by atoms with Crippen LogP contribution in [0.2, 0.25) is 0 Å². The van der Waals surface area contributed by atoms with Gasteiger partial charge in [0.25, 0.3) is 0 Å². The van der Waals surface area contributed by atoms with Crippen LogP contribution in [0.25, 0.3) is 10.1 Å². The molecule has 0 fully saturated rings. The van der Waals surface area contributed by atoms with E-state index < -0.39 is 0 Å². The molecule has 2 rings (SSSR count). The van der Waals surface area contributed by atoms with Crippen LogP contribution in [0, 0.1) is 16.7 Å². The smallest absolute Gasteiger partial charge is 0.0666 e. The second kappa shape index (κ2) is 3.00. The molecular formula is C10H9IS. The van der Waals surface area contributed by atoms with Gasteiger partial charge < -0.3 is 0 Å². The first kappa shape index (κ1) is 8.51. The van der Waals surface area contributed by atoms with E-state index in [9.17, 15) is 0 Å². The highest BCUT2D eigenvalue weighted by molar-refractivity contribution is 14.1. The van der Waals surface area contributed by atoms with E-state index in [1.807, 2.05) is 11.3 Å². The summed E-state index contributed by atoms with van der Waals surface area (Å²) in [5.41, 5.74) is 2.75. The number of thiophene rings is 1. The highest BCUT2D eigenvalue weighted by Crippen LogP contribution is 2.29. The van der Waals surface area contributed by atoms with Gasteiger partial charge in [-0.2, -0.15) is 0 Å². The number of hydrogen-bond acceptors (Lipinski definition) is 1. The van der Waals surface area contributed by atoms with Crippen LogP contribution >= 0.6 is 33.9 Å². The maximum absolute atomic E-state index is 2.38. The minimum absolute atomic E-state index is 1.36. The van der Waals surface area contributed by atoms with E-state index in [0.717, 1.165) is 0 Å². The lowest BCUT2D eigenvalue weighted by atomic mass is 10.1. The Hall–Kier alpha value is -0.0900. The van der Waals surface area contributed by atoms with Crippen molar-refractivity contribution in [3.05, 3.63) is 32.2 Å². The molecule has 2 aromatic rings. The molecule has 2 heteroatoms. The summed E-state index contributed by atoms with van der Waals surface area (Å²) < 4.78 is 2.79. The van der Waals surface area contributed by atoms with Crippen molar-refractivity contribution < 1.29 is 0 Å². The summed E-state index contributed by atoms with van der Waals surface area (Å²) in [4.78, 5) is 0. The van der Waals surface area contributed by atoms with Crippen LogP contribution in [0.5, 0.6) is 0 Å². The lowest BCUT2D eigenvalue weighted by molar-refractivity contribution is 1.44. The van der Waals surface area contributed by atoms with Crippen LogP contribution in [0.15, 0.2) is 18.2 Å². The lowest BCUT2D eigenvalue weighted by Gasteiger charge is -1.97. The van der Waals surface area contributed by atoms with Gasteiger partial charge in [0, 0.05) is 4.70 Å². The summed E-state index contributed by atoms with van der Waals surface area (Å²) in [6.45, 7) is 4.33. The maximum Gasteiger partial charge on any atom is 0.0666 e. The number of benzene rings is 1. The van der Waals surface area contributed by atoms with Crippen molar-refractivity contribution in [3.8, 4) is 0 Å². The van der Waals surface area contributed by atoms with Crippen molar-refractivity contribution in [2.45, 2.75) is 13.8 Å². The van der Waals surface area contributed by atoms with Crippen molar-refractivity contribution >= 4 is 44.0 Å². The summed E-state index contributed by atoms with van der Waals surface area (Å²) in [5.74, 6) is 0. The molecule has 0 aliphatic carbocycles. The molecule has 12 heavy (non-hydrogen) atoms. The van der Waals surface area contributed by atoms with Crippen LogP contribution in [-0.2, 0) is 0 Å². The van der Waals surface area contributed by atoms with Crippen molar-refractivity contribution in [3.63, 3.8) is 0 Å². The molecule has 0 saturated carbocycles. The van der Waals surface area contributed by atoms with Crippen molar-refractivity contribution in [2.75, 3.05) is 0 Å². The molecule has 0 radical (unpaired) electrons. The molecule has 0 bridgehead atoms. The minimum atomic E-state index is 1.36. The largest absolute Gasteiger partial charge is 0.129 e. The van der Waals surface area contributed by atoms with E-state index in [1.54, 1.807) is 0 Å². The first-order valence-corrected chi connectivity index (χ1v) is 5.72. The third-order valence-corrected chi connectivity index (χ3v) is 3.80. The molecule has 0 amide bonds. The third-order valence-electron chi connectivity index (χ3n) is 1.96. The van der Waals surface area contributed by atoms with E-state index >= 15 is 0 Å². The summed E-state index contributed by atoms with van der Waals surface area (Å²) in [6, 6.07) is 6.76. The van der Waals surface area contributed by atoms with Crippen molar-refractivity contribution in [1.82, 2.24) is 0 Å². The fourth-order valence-corrected chi connectivity index (χ4v) is 3.44. The molecule has 1 aromatic carbocycles. The zero-order chi connectivity index (χ0) is 8.72. The molecule has 0 unspecified atom stereocenters. The molecule has 0 N–H and O–H groups in total. The minimum Gasteiger partial charge on any atom is -0.129 e. The van der Waals surface area contributed by atoms with Crippen LogP contribution in [0.1, 0.15) is 11.1 Å². The standard InChI is InChI=1S/C10H9IS/c1-6-3-7(2)8-5-10(11)12-9(8)4-6/h3-5H,1-2H3. The van der Waals surface area contributed by atoms with E-state index in [4.69, 9.17) is 0 Å². The quantitative estimate of drug-likeness (QED) is 0.640. The Morgan fingerprint density at radius 2 is 1.92 bits per heavy atom. The Morgan fingerprint density at radius 3 is 2.67 bits per heavy atom. The van der Waals surface area contributed by atoms with E-state index in [-0.39, 0.29) is 0 Å². The number of hydrogen-bond donors (Lipinski definition) is 0. The predicted octanol–water partition coefficient (Wildman–Crippen LogP) is 4.12. The second-order valence-electron chi connectivity index (χ2n) is 3.04. The topological polar surface area (TPSA) is 0 Å². The van der Waals surface area contributed by atoms with Crippen LogP contribution in [0.3, 0.4) is 0 Å². The summed E-state index contributed by atoms with van der Waals surface area (Å²) in [6.07, 6.45) is 0. The number of aryl methyl sites for hydroxylation is 2. The fraction of sp³-hybridized carbons (Fsp3) is 0.200. The van der Waals surface area contributed by atoms with Gasteiger partial charge in [0.15, 0.2) is 0 Å². The summed E-state index contributed by atoms with van der Waals surface area (Å²) in [7, 11) is 0. The van der Waals surface area contributed by atoms with Gasteiger partial charge in [-0.25, -0.2) is 0 Å². The van der Waals surface area contributed by atoms with Gasteiger partial charge in [-0.05, 0) is 65.1 Å². The molecule has 62 valence electrons. The molecule has 1 aromatic heterocycles. The monoisotopic (exact) mass is 288 g/mol. The van der Waals surface area contributed by atoms with Crippen molar-refractivity contribution in [2.24, 2.45) is 0 Å². The lowest BCUT2D eigenvalue weighted by Crippen LogP contribution is -1.75. The molecule has 0 spiro atoms. The van der Waals surface area contributed by atoms with Crippen LogP contribution in [0.4, 0.5) is 0 Å². The molecule has 0 saturated heterocycles. The zero-order valence-electron chi connectivity index (χ0n) is 7.02. The average molecular weight is 288 g/mol. The van der Waals surface area contributed by atoms with E-state index in [2.05, 4.69) is 54.6 Å². The first-order valence-electron chi connectivity index (χ1n) is 3.83. The highest BCUT2D eigenvalue weighted by Gasteiger charge is 2.02.